The molecule has 3 aliphatic rings. The molecule has 13 rings (SSSR count). The molecular weight excluding hydrogens is 1210 g/mol. The number of benzene rings is 9. The number of hydrogen-bond acceptors (Lipinski definition) is 5. The Morgan fingerprint density at radius 1 is 0.434 bits per heavy atom. The van der Waals surface area contributed by atoms with Gasteiger partial charge >= 0.3 is 0 Å². The zero-order valence-electron chi connectivity index (χ0n) is 49.7. The maximum Gasteiger partial charge on any atom is 0.135 e. The van der Waals surface area contributed by atoms with Crippen molar-refractivity contribution in [2.45, 2.75) is 105 Å². The Morgan fingerprint density at radius 2 is 0.988 bits per heavy atom. The van der Waals surface area contributed by atoms with Crippen LogP contribution in [0, 0.1) is 18.8 Å². The average Bonchev–Trinajstić information content (AvgIpc) is 3.25. The van der Waals surface area contributed by atoms with Gasteiger partial charge in [0.1, 0.15) is 13.9 Å². The van der Waals surface area contributed by atoms with Gasteiger partial charge in [0.15, 0.2) is 0 Å². The molecule has 0 bridgehead atoms. The van der Waals surface area contributed by atoms with E-state index in [-0.39, 0.29) is 42.7 Å². The molecular formula is C76H71N4OPtSi-3. The summed E-state index contributed by atoms with van der Waals surface area (Å²) in [5, 5.41) is 5.37. The van der Waals surface area contributed by atoms with Crippen LogP contribution in [0.5, 0.6) is 11.5 Å². The van der Waals surface area contributed by atoms with E-state index in [1.54, 1.807) is 0 Å². The number of para-hydroxylation sites is 3. The molecule has 0 amide bonds. The Morgan fingerprint density at radius 3 is 1.70 bits per heavy atom. The first-order valence-corrected chi connectivity index (χ1v) is 30.9. The number of fused-ring (bicyclic) bond motifs is 6. The predicted octanol–water partition coefficient (Wildman–Crippen LogP) is 17.5. The van der Waals surface area contributed by atoms with Gasteiger partial charge in [-0.2, -0.15) is 12.1 Å². The van der Waals surface area contributed by atoms with Crippen molar-refractivity contribution in [2.75, 3.05) is 14.7 Å². The molecule has 0 spiro atoms. The number of ether oxygens (including phenoxy) is 1. The molecule has 0 fully saturated rings. The second-order valence-electron chi connectivity index (χ2n) is 26.6. The molecule has 9 aromatic carbocycles. The second-order valence-corrected chi connectivity index (χ2v) is 30.3. The van der Waals surface area contributed by atoms with E-state index >= 15 is 0 Å². The van der Waals surface area contributed by atoms with Crippen LogP contribution >= 0.6 is 0 Å². The van der Waals surface area contributed by atoms with Crippen molar-refractivity contribution in [2.24, 2.45) is 0 Å². The van der Waals surface area contributed by atoms with E-state index in [9.17, 15) is 0 Å². The Balaban J connectivity index is 0.00000680. The van der Waals surface area contributed by atoms with Crippen LogP contribution in [0.1, 0.15) is 105 Å². The fourth-order valence-corrected chi connectivity index (χ4v) is 18.1. The smallest absolute Gasteiger partial charge is 0.135 e. The molecule has 0 saturated carbocycles. The summed E-state index contributed by atoms with van der Waals surface area (Å²) in [4.78, 5) is 12.2. The topological polar surface area (TPSA) is 31.8 Å². The van der Waals surface area contributed by atoms with Crippen molar-refractivity contribution in [3.63, 3.8) is 0 Å². The van der Waals surface area contributed by atoms with E-state index in [2.05, 4.69) is 311 Å². The van der Waals surface area contributed by atoms with Crippen LogP contribution in [0.2, 0.25) is 0 Å². The SMILES string of the molecule is CC(C)(C)c1cccc(-c2cccc(-c3cc(C(C)(C)C)cc(C(C)(C)C)c3)c2N2[CH-]N(c3[c-]c(Oc4[c-]c5c(cc4)[Si]4(c6ccccc6)c6ccccc6-c6cccc(c64)N5c4cc(C(C)(C)C)ccn4)ccc3)c3ccccc32)c1.[Pt]. The summed E-state index contributed by atoms with van der Waals surface area (Å²) in [6, 6.07) is 81.7. The Labute approximate surface area is 508 Å². The zero-order valence-corrected chi connectivity index (χ0v) is 53.0. The zero-order chi connectivity index (χ0) is 57.1. The molecule has 5 nitrogen and oxygen atoms in total. The van der Waals surface area contributed by atoms with Gasteiger partial charge in [0, 0.05) is 72.6 Å². The molecule has 1 aromatic heterocycles. The Kier molecular flexibility index (Phi) is 13.8. The van der Waals surface area contributed by atoms with Crippen LogP contribution in [0.4, 0.5) is 39.9 Å². The molecule has 418 valence electrons. The van der Waals surface area contributed by atoms with E-state index < -0.39 is 8.07 Å². The monoisotopic (exact) mass is 1280 g/mol. The van der Waals surface area contributed by atoms with Gasteiger partial charge in [-0.3, -0.25) is 0 Å². The van der Waals surface area contributed by atoms with Crippen LogP contribution in [-0.4, -0.2) is 13.1 Å². The van der Waals surface area contributed by atoms with Crippen molar-refractivity contribution in [1.29, 1.82) is 0 Å². The number of rotatable bonds is 8. The second kappa shape index (κ2) is 20.5. The van der Waals surface area contributed by atoms with Crippen LogP contribution in [0.25, 0.3) is 33.4 Å². The summed E-state index contributed by atoms with van der Waals surface area (Å²) >= 11 is 0. The van der Waals surface area contributed by atoms with Gasteiger partial charge in [-0.05, 0) is 107 Å². The van der Waals surface area contributed by atoms with Crippen LogP contribution in [0.15, 0.2) is 206 Å². The van der Waals surface area contributed by atoms with E-state index in [1.165, 1.54) is 70.8 Å². The van der Waals surface area contributed by atoms with Crippen LogP contribution < -0.4 is 40.2 Å². The third-order valence-corrected chi connectivity index (χ3v) is 21.9. The maximum absolute atomic E-state index is 7.06. The van der Waals surface area contributed by atoms with Crippen LogP contribution in [0.3, 0.4) is 0 Å². The van der Waals surface area contributed by atoms with Crippen molar-refractivity contribution in [3.8, 4) is 44.9 Å². The Hall–Kier alpha value is -7.76. The van der Waals surface area contributed by atoms with E-state index in [1.807, 2.05) is 12.3 Å². The van der Waals surface area contributed by atoms with E-state index in [4.69, 9.17) is 9.72 Å². The first kappa shape index (κ1) is 55.8. The van der Waals surface area contributed by atoms with E-state index in [0.29, 0.717) is 11.5 Å². The summed E-state index contributed by atoms with van der Waals surface area (Å²) in [7, 11) is -2.90. The molecule has 4 heterocycles. The van der Waals surface area contributed by atoms with E-state index in [0.717, 1.165) is 45.5 Å². The molecule has 0 radical (unpaired) electrons. The van der Waals surface area contributed by atoms with Crippen molar-refractivity contribution in [3.05, 3.63) is 247 Å². The number of hydrogen-bond donors (Lipinski definition) is 0. The van der Waals surface area contributed by atoms with Crippen LogP contribution in [-0.2, 0) is 42.7 Å². The van der Waals surface area contributed by atoms with Gasteiger partial charge in [-0.15, -0.1) is 47.9 Å². The summed E-state index contributed by atoms with van der Waals surface area (Å²) in [6.07, 6.45) is 1.96. The largest absolute Gasteiger partial charge is 0.509 e. The van der Waals surface area contributed by atoms with Gasteiger partial charge in [0.2, 0.25) is 0 Å². The Bertz CT molecular complexity index is 4110. The summed E-state index contributed by atoms with van der Waals surface area (Å²) < 4.78 is 7.06. The third kappa shape index (κ3) is 9.57. The molecule has 10 aromatic rings. The molecule has 0 saturated heterocycles. The number of anilines is 7. The van der Waals surface area contributed by atoms with Crippen molar-refractivity contribution < 1.29 is 25.8 Å². The van der Waals surface area contributed by atoms with Gasteiger partial charge in [0.25, 0.3) is 0 Å². The molecule has 3 aliphatic heterocycles. The number of nitrogens with zero attached hydrogens (tertiary/aromatic N) is 4. The third-order valence-electron chi connectivity index (χ3n) is 17.0. The molecule has 1 atom stereocenters. The molecule has 7 heteroatoms. The minimum Gasteiger partial charge on any atom is -0.509 e. The fourth-order valence-electron chi connectivity index (χ4n) is 12.6. The summed E-state index contributed by atoms with van der Waals surface area (Å²) in [5.74, 6) is 2.04. The van der Waals surface area contributed by atoms with Gasteiger partial charge in [-0.1, -0.05) is 233 Å². The standard InChI is InChI=1S/C76H71N4OSi.Pt/c1-73(2,3)52-25-20-24-50(42-52)60-31-22-32-61(51-43-54(75(7,8)9)45-55(44-51)76(10,11)12)71(60)79-49-78(64-34-17-18-35-65(64)79)56-26-21-27-57(47-56)81-58-38-39-69-67(48-58)80(70-46-53(40-41-77-70)74(4,5)6)66-36-23-33-63-62-30-16-19-37-68(62)82(69,72(63)66)59-28-14-13-15-29-59;/h13-46,49H,1-12H3;/q-3;. The minimum atomic E-state index is -2.90. The summed E-state index contributed by atoms with van der Waals surface area (Å²) in [5.41, 5.74) is 18.4. The average molecular weight is 1280 g/mol. The van der Waals surface area contributed by atoms with Crippen molar-refractivity contribution in [1.82, 2.24) is 4.98 Å². The molecule has 83 heavy (non-hydrogen) atoms. The molecule has 0 aliphatic carbocycles. The van der Waals surface area contributed by atoms with Crippen molar-refractivity contribution >= 4 is 68.8 Å². The minimum absolute atomic E-state index is 0. The van der Waals surface area contributed by atoms with Gasteiger partial charge < -0.3 is 19.4 Å². The number of pyridine rings is 1. The summed E-state index contributed by atoms with van der Waals surface area (Å²) in [6.45, 7) is 29.8. The molecule has 0 N–H and O–H groups in total. The predicted molar refractivity (Wildman–Crippen MR) is 346 cm³/mol. The maximum atomic E-state index is 7.06. The normalized spacial score (nSPS) is 15.3. The van der Waals surface area contributed by atoms with Gasteiger partial charge in [0.05, 0.1) is 0 Å². The number of aromatic nitrogens is 1. The quantitative estimate of drug-likeness (QED) is 0.112. The first-order valence-electron chi connectivity index (χ1n) is 28.9. The molecule has 1 unspecified atom stereocenters. The van der Waals surface area contributed by atoms with Gasteiger partial charge in [-0.25, -0.2) is 4.98 Å². The fraction of sp³-hybridized carbons (Fsp3) is 0.211. The first-order chi connectivity index (χ1) is 39.2.